The van der Waals surface area contributed by atoms with Crippen LogP contribution in [0.4, 0.5) is 4.79 Å². The van der Waals surface area contributed by atoms with Crippen LogP contribution in [-0.4, -0.2) is 69.4 Å². The normalized spacial score (nSPS) is 25.3. The standard InChI is InChI=1S/C16H23N3O3S/c1-23(2,22)17-16(21)19-10-14(15(20)11-19)18-8-7-12-5-3-4-6-13(12)9-18/h3-6,14-15,20H,7-11H2,1-2H3/t14-,15-/m1/s1. The van der Waals surface area contributed by atoms with E-state index in [1.54, 1.807) is 0 Å². The van der Waals surface area contributed by atoms with E-state index in [2.05, 4.69) is 21.4 Å². The van der Waals surface area contributed by atoms with Crippen molar-refractivity contribution < 1.29 is 14.1 Å². The molecule has 1 aromatic carbocycles. The zero-order chi connectivity index (χ0) is 16.6. The van der Waals surface area contributed by atoms with Crippen LogP contribution in [0.2, 0.25) is 0 Å². The van der Waals surface area contributed by atoms with Crippen LogP contribution in [0.15, 0.2) is 28.6 Å². The Hall–Kier alpha value is -1.44. The van der Waals surface area contributed by atoms with Crippen molar-refractivity contribution in [1.29, 1.82) is 0 Å². The molecule has 0 aromatic heterocycles. The van der Waals surface area contributed by atoms with Gasteiger partial charge in [0.15, 0.2) is 0 Å². The molecule has 126 valence electrons. The molecule has 1 fully saturated rings. The van der Waals surface area contributed by atoms with Crippen molar-refractivity contribution >= 4 is 15.8 Å². The summed E-state index contributed by atoms with van der Waals surface area (Å²) in [5.41, 5.74) is 2.64. The third kappa shape index (κ3) is 3.73. The molecule has 2 amide bonds. The quantitative estimate of drug-likeness (QED) is 0.828. The SMILES string of the molecule is CS(C)(=O)=NC(=O)N1C[C@@H](O)[C@H](N2CCc3ccccc3C2)C1. The van der Waals surface area contributed by atoms with Gasteiger partial charge in [0, 0.05) is 32.1 Å². The Morgan fingerprint density at radius 3 is 2.65 bits per heavy atom. The summed E-state index contributed by atoms with van der Waals surface area (Å²) < 4.78 is 15.4. The molecule has 0 bridgehead atoms. The molecule has 2 heterocycles. The smallest absolute Gasteiger partial charge is 0.351 e. The molecule has 0 saturated carbocycles. The first kappa shape index (κ1) is 16.4. The van der Waals surface area contributed by atoms with E-state index < -0.39 is 21.9 Å². The van der Waals surface area contributed by atoms with Gasteiger partial charge >= 0.3 is 6.03 Å². The first-order chi connectivity index (χ1) is 10.8. The van der Waals surface area contributed by atoms with Gasteiger partial charge in [-0.3, -0.25) is 4.90 Å². The highest BCUT2D eigenvalue weighted by Gasteiger charge is 2.38. The van der Waals surface area contributed by atoms with E-state index in [1.165, 1.54) is 28.5 Å². The lowest BCUT2D eigenvalue weighted by molar-refractivity contribution is 0.0746. The average molecular weight is 337 g/mol. The number of hydrogen-bond donors (Lipinski definition) is 1. The number of amides is 2. The fourth-order valence-corrected chi connectivity index (χ4v) is 3.82. The van der Waals surface area contributed by atoms with Gasteiger partial charge in [-0.25, -0.2) is 9.00 Å². The summed E-state index contributed by atoms with van der Waals surface area (Å²) in [6.45, 7) is 2.34. The molecule has 0 radical (unpaired) electrons. The predicted molar refractivity (Wildman–Crippen MR) is 89.7 cm³/mol. The molecule has 0 unspecified atom stereocenters. The number of rotatable bonds is 1. The molecule has 1 N–H and O–H groups in total. The first-order valence-electron chi connectivity index (χ1n) is 7.78. The van der Waals surface area contributed by atoms with Crippen LogP contribution in [0.25, 0.3) is 0 Å². The number of nitrogens with zero attached hydrogens (tertiary/aromatic N) is 3. The molecule has 3 rings (SSSR count). The second kappa shape index (κ2) is 6.22. The highest BCUT2D eigenvalue weighted by atomic mass is 32.2. The number of hydrogen-bond acceptors (Lipinski definition) is 4. The summed E-state index contributed by atoms with van der Waals surface area (Å²) in [4.78, 5) is 15.8. The van der Waals surface area contributed by atoms with Crippen molar-refractivity contribution in [3.8, 4) is 0 Å². The molecule has 1 aromatic rings. The van der Waals surface area contributed by atoms with Gasteiger partial charge < -0.3 is 10.0 Å². The van der Waals surface area contributed by atoms with Gasteiger partial charge in [-0.05, 0) is 17.5 Å². The first-order valence-corrected chi connectivity index (χ1v) is 10.1. The lowest BCUT2D eigenvalue weighted by Crippen LogP contribution is -2.45. The van der Waals surface area contributed by atoms with Crippen molar-refractivity contribution in [3.05, 3.63) is 35.4 Å². The van der Waals surface area contributed by atoms with E-state index in [1.807, 2.05) is 12.1 Å². The number of fused-ring (bicyclic) bond motifs is 1. The number of benzene rings is 1. The topological polar surface area (TPSA) is 73.2 Å². The number of carbonyl (C=O) groups excluding carboxylic acids is 1. The Morgan fingerprint density at radius 1 is 1.26 bits per heavy atom. The van der Waals surface area contributed by atoms with Gasteiger partial charge in [-0.2, -0.15) is 0 Å². The van der Waals surface area contributed by atoms with E-state index in [4.69, 9.17) is 0 Å². The van der Waals surface area contributed by atoms with Crippen molar-refractivity contribution in [2.75, 3.05) is 32.1 Å². The largest absolute Gasteiger partial charge is 0.390 e. The fraction of sp³-hybridized carbons (Fsp3) is 0.562. The molecule has 2 atom stereocenters. The van der Waals surface area contributed by atoms with Crippen LogP contribution in [0.5, 0.6) is 0 Å². The van der Waals surface area contributed by atoms with Gasteiger partial charge in [-0.15, -0.1) is 4.36 Å². The average Bonchev–Trinajstić information content (AvgIpc) is 2.87. The van der Waals surface area contributed by atoms with E-state index in [9.17, 15) is 14.1 Å². The maximum atomic E-state index is 12.1. The highest BCUT2D eigenvalue weighted by Crippen LogP contribution is 2.25. The fourth-order valence-electron chi connectivity index (χ4n) is 3.33. The van der Waals surface area contributed by atoms with E-state index in [0.29, 0.717) is 6.54 Å². The van der Waals surface area contributed by atoms with Gasteiger partial charge in [0.25, 0.3) is 0 Å². The summed E-state index contributed by atoms with van der Waals surface area (Å²) in [5, 5.41) is 10.4. The third-order valence-corrected chi connectivity index (χ3v) is 5.05. The number of likely N-dealkylation sites (tertiary alicyclic amines) is 1. The molecule has 7 heteroatoms. The van der Waals surface area contributed by atoms with E-state index in [-0.39, 0.29) is 12.6 Å². The third-order valence-electron chi connectivity index (χ3n) is 4.46. The minimum Gasteiger partial charge on any atom is -0.390 e. The number of β-amino-alcohol motifs (C(OH)–C–C–N with tert-alkyl or cyclic N) is 1. The summed E-state index contributed by atoms with van der Waals surface area (Å²) in [7, 11) is -2.47. The van der Waals surface area contributed by atoms with Crippen molar-refractivity contribution in [1.82, 2.24) is 9.80 Å². The van der Waals surface area contributed by atoms with Gasteiger partial charge in [0.2, 0.25) is 0 Å². The molecule has 6 nitrogen and oxygen atoms in total. The molecule has 0 spiro atoms. The van der Waals surface area contributed by atoms with Gasteiger partial charge in [0.1, 0.15) is 0 Å². The van der Waals surface area contributed by atoms with Crippen LogP contribution in [0.3, 0.4) is 0 Å². The minimum absolute atomic E-state index is 0.0905. The Balaban J connectivity index is 1.71. The van der Waals surface area contributed by atoms with Crippen LogP contribution in [0.1, 0.15) is 11.1 Å². The van der Waals surface area contributed by atoms with Crippen molar-refractivity contribution in [2.45, 2.75) is 25.1 Å². The zero-order valence-electron chi connectivity index (χ0n) is 13.5. The summed E-state index contributed by atoms with van der Waals surface area (Å²) in [5.74, 6) is 0. The minimum atomic E-state index is -2.47. The molecular formula is C16H23N3O3S. The number of aliphatic hydroxyl groups is 1. The summed E-state index contributed by atoms with van der Waals surface area (Å²) in [6.07, 6.45) is 3.24. The Bertz CT molecular complexity index is 719. The van der Waals surface area contributed by atoms with Crippen molar-refractivity contribution in [3.63, 3.8) is 0 Å². The maximum absolute atomic E-state index is 12.1. The molecule has 23 heavy (non-hydrogen) atoms. The van der Waals surface area contributed by atoms with Crippen molar-refractivity contribution in [2.24, 2.45) is 4.36 Å². The van der Waals surface area contributed by atoms with Gasteiger partial charge in [-0.1, -0.05) is 24.3 Å². The molecular weight excluding hydrogens is 314 g/mol. The summed E-state index contributed by atoms with van der Waals surface area (Å²) >= 11 is 0. The number of urea groups is 1. The highest BCUT2D eigenvalue weighted by molar-refractivity contribution is 7.92. The van der Waals surface area contributed by atoms with Crippen LogP contribution in [0, 0.1) is 0 Å². The Labute approximate surface area is 137 Å². The van der Waals surface area contributed by atoms with Gasteiger partial charge in [0.05, 0.1) is 28.4 Å². The zero-order valence-corrected chi connectivity index (χ0v) is 14.3. The van der Waals surface area contributed by atoms with Crippen LogP contribution < -0.4 is 0 Å². The van der Waals surface area contributed by atoms with Crippen LogP contribution in [-0.2, 0) is 22.7 Å². The number of carbonyl (C=O) groups is 1. The summed E-state index contributed by atoms with van der Waals surface area (Å²) in [6, 6.07) is 7.76. The maximum Gasteiger partial charge on any atom is 0.351 e. The Kier molecular flexibility index (Phi) is 4.44. The van der Waals surface area contributed by atoms with E-state index in [0.717, 1.165) is 19.5 Å². The van der Waals surface area contributed by atoms with E-state index >= 15 is 0 Å². The van der Waals surface area contributed by atoms with Crippen LogP contribution >= 0.6 is 0 Å². The molecule has 0 aliphatic carbocycles. The predicted octanol–water partition coefficient (Wildman–Crippen LogP) is 0.937. The molecule has 1 saturated heterocycles. The number of aliphatic hydroxyl groups excluding tert-OH is 1. The lowest BCUT2D eigenvalue weighted by atomic mass is 9.98. The lowest BCUT2D eigenvalue weighted by Gasteiger charge is -2.34. The Morgan fingerprint density at radius 2 is 1.96 bits per heavy atom. The second-order valence-electron chi connectivity index (χ2n) is 6.58. The molecule has 2 aliphatic rings. The second-order valence-corrected chi connectivity index (χ2v) is 9.13. The monoisotopic (exact) mass is 337 g/mol. The molecule has 2 aliphatic heterocycles.